The quantitative estimate of drug-likeness (QED) is 0.733. The van der Waals surface area contributed by atoms with Crippen molar-refractivity contribution in [2.45, 2.75) is 25.4 Å². The number of hydrogen-bond donors (Lipinski definition) is 1. The second kappa shape index (κ2) is 3.93. The molecule has 1 N–H and O–H groups in total. The zero-order chi connectivity index (χ0) is 10.8. The van der Waals surface area contributed by atoms with Gasteiger partial charge >= 0.3 is 0 Å². The molecule has 0 amide bonds. The molecule has 0 aliphatic rings. The molecule has 0 aliphatic carbocycles. The summed E-state index contributed by atoms with van der Waals surface area (Å²) in [7, 11) is 0. The molecule has 1 rings (SSSR count). The second-order valence-corrected chi connectivity index (χ2v) is 3.70. The molecule has 0 radical (unpaired) electrons. The third-order valence-corrected chi connectivity index (χ3v) is 2.66. The van der Waals surface area contributed by atoms with Crippen LogP contribution in [-0.4, -0.2) is 10.7 Å². The molecule has 2 heteroatoms. The van der Waals surface area contributed by atoms with Gasteiger partial charge in [-0.05, 0) is 24.6 Å². The lowest BCUT2D eigenvalue weighted by molar-refractivity contribution is 0.0867. The molecule has 0 saturated heterocycles. The van der Waals surface area contributed by atoms with Gasteiger partial charge in [0.25, 0.3) is 0 Å². The van der Waals surface area contributed by atoms with E-state index >= 15 is 0 Å². The fourth-order valence-corrected chi connectivity index (χ4v) is 1.27. The summed E-state index contributed by atoms with van der Waals surface area (Å²) >= 11 is 0. The molecule has 1 aromatic carbocycles. The maximum absolute atomic E-state index is 12.6. The Morgan fingerprint density at radius 3 is 2.36 bits per heavy atom. The van der Waals surface area contributed by atoms with Crippen molar-refractivity contribution in [3.8, 4) is 0 Å². The van der Waals surface area contributed by atoms with Crippen molar-refractivity contribution < 1.29 is 9.50 Å². The highest BCUT2D eigenvalue weighted by Gasteiger charge is 2.25. The fraction of sp³-hybridized carbons (Fsp3) is 0.333. The van der Waals surface area contributed by atoms with Gasteiger partial charge in [-0.3, -0.25) is 0 Å². The number of aliphatic hydroxyl groups is 1. The Morgan fingerprint density at radius 2 is 1.93 bits per heavy atom. The molecule has 0 spiro atoms. The Kier molecular flexibility index (Phi) is 3.06. The smallest absolute Gasteiger partial charge is 0.123 e. The third-order valence-electron chi connectivity index (χ3n) is 2.66. The largest absolute Gasteiger partial charge is 0.385 e. The summed E-state index contributed by atoms with van der Waals surface area (Å²) in [5, 5.41) is 9.90. The van der Waals surface area contributed by atoms with E-state index in [0.717, 1.165) is 5.56 Å². The van der Waals surface area contributed by atoms with Crippen molar-refractivity contribution in [1.82, 2.24) is 0 Å². The normalized spacial score (nSPS) is 17.1. The first-order valence-electron chi connectivity index (χ1n) is 4.59. The van der Waals surface area contributed by atoms with E-state index in [1.165, 1.54) is 18.2 Å². The predicted octanol–water partition coefficient (Wildman–Crippen LogP) is 2.87. The van der Waals surface area contributed by atoms with E-state index in [1.807, 2.05) is 6.92 Å². The SMILES string of the molecule is C=CC(C)(O)C(C)c1ccc(F)cc1. The Morgan fingerprint density at radius 1 is 1.43 bits per heavy atom. The first-order chi connectivity index (χ1) is 6.47. The molecule has 0 heterocycles. The summed E-state index contributed by atoms with van der Waals surface area (Å²) in [4.78, 5) is 0. The van der Waals surface area contributed by atoms with Gasteiger partial charge in [0, 0.05) is 5.92 Å². The first kappa shape index (κ1) is 10.9. The van der Waals surface area contributed by atoms with Crippen molar-refractivity contribution >= 4 is 0 Å². The van der Waals surface area contributed by atoms with Crippen molar-refractivity contribution in [1.29, 1.82) is 0 Å². The van der Waals surface area contributed by atoms with Gasteiger partial charge in [0.05, 0.1) is 5.60 Å². The Bertz CT molecular complexity index is 314. The molecule has 2 atom stereocenters. The maximum Gasteiger partial charge on any atom is 0.123 e. The monoisotopic (exact) mass is 194 g/mol. The van der Waals surface area contributed by atoms with Crippen molar-refractivity contribution in [3.63, 3.8) is 0 Å². The predicted molar refractivity (Wildman–Crippen MR) is 55.6 cm³/mol. The van der Waals surface area contributed by atoms with Gasteiger partial charge in [-0.1, -0.05) is 25.1 Å². The zero-order valence-corrected chi connectivity index (χ0v) is 8.50. The van der Waals surface area contributed by atoms with E-state index in [0.29, 0.717) is 0 Å². The van der Waals surface area contributed by atoms with Crippen LogP contribution in [0.1, 0.15) is 25.3 Å². The number of rotatable bonds is 3. The van der Waals surface area contributed by atoms with E-state index in [-0.39, 0.29) is 11.7 Å². The van der Waals surface area contributed by atoms with Gasteiger partial charge in [-0.15, -0.1) is 6.58 Å². The van der Waals surface area contributed by atoms with Crippen LogP contribution in [0.4, 0.5) is 4.39 Å². The highest BCUT2D eigenvalue weighted by atomic mass is 19.1. The lowest BCUT2D eigenvalue weighted by Gasteiger charge is -2.27. The molecule has 0 bridgehead atoms. The van der Waals surface area contributed by atoms with Crippen molar-refractivity contribution in [2.24, 2.45) is 0 Å². The first-order valence-corrected chi connectivity index (χ1v) is 4.59. The molecule has 1 aromatic rings. The van der Waals surface area contributed by atoms with Crippen LogP contribution in [0, 0.1) is 5.82 Å². The fourth-order valence-electron chi connectivity index (χ4n) is 1.27. The van der Waals surface area contributed by atoms with E-state index < -0.39 is 5.60 Å². The zero-order valence-electron chi connectivity index (χ0n) is 8.50. The van der Waals surface area contributed by atoms with Gasteiger partial charge in [0.15, 0.2) is 0 Å². The summed E-state index contributed by atoms with van der Waals surface area (Å²) in [6.45, 7) is 7.14. The van der Waals surface area contributed by atoms with Crippen LogP contribution < -0.4 is 0 Å². The maximum atomic E-state index is 12.6. The van der Waals surface area contributed by atoms with Crippen LogP contribution in [-0.2, 0) is 0 Å². The van der Waals surface area contributed by atoms with Crippen LogP contribution in [0.2, 0.25) is 0 Å². The molecule has 1 nitrogen and oxygen atoms in total. The highest BCUT2D eigenvalue weighted by Crippen LogP contribution is 2.28. The molecular weight excluding hydrogens is 179 g/mol. The third kappa shape index (κ3) is 2.20. The minimum Gasteiger partial charge on any atom is -0.385 e. The van der Waals surface area contributed by atoms with E-state index in [2.05, 4.69) is 6.58 Å². The summed E-state index contributed by atoms with van der Waals surface area (Å²) < 4.78 is 12.6. The molecule has 0 saturated carbocycles. The molecule has 0 aliphatic heterocycles. The summed E-state index contributed by atoms with van der Waals surface area (Å²) in [6, 6.07) is 6.14. The standard InChI is InChI=1S/C12H15FO/c1-4-12(3,14)9(2)10-5-7-11(13)8-6-10/h4-9,14H,1H2,2-3H3. The number of benzene rings is 1. The van der Waals surface area contributed by atoms with E-state index in [4.69, 9.17) is 0 Å². The van der Waals surface area contributed by atoms with Gasteiger partial charge in [-0.2, -0.15) is 0 Å². The minimum atomic E-state index is -0.960. The Balaban J connectivity index is 2.95. The van der Waals surface area contributed by atoms with Crippen LogP contribution >= 0.6 is 0 Å². The summed E-state index contributed by atoms with van der Waals surface area (Å²) in [5.41, 5.74) is -0.0611. The summed E-state index contributed by atoms with van der Waals surface area (Å²) in [6.07, 6.45) is 1.50. The second-order valence-electron chi connectivity index (χ2n) is 3.70. The average molecular weight is 194 g/mol. The lowest BCUT2D eigenvalue weighted by Crippen LogP contribution is -2.28. The summed E-state index contributed by atoms with van der Waals surface area (Å²) in [5.74, 6) is -0.361. The van der Waals surface area contributed by atoms with Crippen LogP contribution in [0.5, 0.6) is 0 Å². The van der Waals surface area contributed by atoms with Gasteiger partial charge < -0.3 is 5.11 Å². The number of hydrogen-bond acceptors (Lipinski definition) is 1. The van der Waals surface area contributed by atoms with Gasteiger partial charge in [-0.25, -0.2) is 4.39 Å². The minimum absolute atomic E-state index is 0.0967. The van der Waals surface area contributed by atoms with Crippen LogP contribution in [0.15, 0.2) is 36.9 Å². The molecule has 0 aromatic heterocycles. The van der Waals surface area contributed by atoms with E-state index in [1.54, 1.807) is 19.1 Å². The molecule has 76 valence electrons. The molecule has 14 heavy (non-hydrogen) atoms. The Hall–Kier alpha value is -1.15. The van der Waals surface area contributed by atoms with Gasteiger partial charge in [0.2, 0.25) is 0 Å². The van der Waals surface area contributed by atoms with Crippen molar-refractivity contribution in [3.05, 3.63) is 48.3 Å². The van der Waals surface area contributed by atoms with E-state index in [9.17, 15) is 9.50 Å². The Labute approximate surface area is 83.9 Å². The lowest BCUT2D eigenvalue weighted by atomic mass is 9.85. The molecule has 2 unspecified atom stereocenters. The molecule has 0 fully saturated rings. The topological polar surface area (TPSA) is 20.2 Å². The van der Waals surface area contributed by atoms with Crippen LogP contribution in [0.25, 0.3) is 0 Å². The van der Waals surface area contributed by atoms with Crippen LogP contribution in [0.3, 0.4) is 0 Å². The van der Waals surface area contributed by atoms with Crippen molar-refractivity contribution in [2.75, 3.05) is 0 Å². The van der Waals surface area contributed by atoms with Gasteiger partial charge in [0.1, 0.15) is 5.82 Å². The number of halogens is 1. The average Bonchev–Trinajstić information content (AvgIpc) is 2.18. The molecular formula is C12H15FO. The highest BCUT2D eigenvalue weighted by molar-refractivity contribution is 5.24.